The van der Waals surface area contributed by atoms with Crippen molar-refractivity contribution in [1.82, 2.24) is 14.5 Å². The summed E-state index contributed by atoms with van der Waals surface area (Å²) in [4.78, 5) is 38.9. The Kier molecular flexibility index (Phi) is 12.3. The van der Waals surface area contributed by atoms with Gasteiger partial charge in [0.1, 0.15) is 0 Å². The van der Waals surface area contributed by atoms with Gasteiger partial charge in [-0.05, 0) is 49.6 Å². The zero-order valence-corrected chi connectivity index (χ0v) is 27.0. The summed E-state index contributed by atoms with van der Waals surface area (Å²) in [5.41, 5.74) is -2.67. The summed E-state index contributed by atoms with van der Waals surface area (Å²) in [7, 11) is 1.25. The summed E-state index contributed by atoms with van der Waals surface area (Å²) < 4.78 is 64.2. The van der Waals surface area contributed by atoms with Crippen LogP contribution in [0.5, 0.6) is 5.75 Å². The summed E-state index contributed by atoms with van der Waals surface area (Å²) in [5.74, 6) is -2.27. The molecule has 4 aromatic rings. The van der Waals surface area contributed by atoms with E-state index in [1.165, 1.54) is 50.4 Å². The summed E-state index contributed by atoms with van der Waals surface area (Å²) in [5, 5.41) is 14.1. The predicted molar refractivity (Wildman–Crippen MR) is 154 cm³/mol. The molecule has 0 spiro atoms. The first-order valence-corrected chi connectivity index (χ1v) is 13.7. The molecular formula is C32H30F4N3NaO5. The smallest absolute Gasteiger partial charge is 0.550 e. The summed E-state index contributed by atoms with van der Waals surface area (Å²) in [6, 6.07) is 17.0. The van der Waals surface area contributed by atoms with Gasteiger partial charge in [-0.15, -0.1) is 0 Å². The molecule has 0 saturated heterocycles. The van der Waals surface area contributed by atoms with E-state index in [4.69, 9.17) is 4.74 Å². The Morgan fingerprint density at radius 2 is 1.64 bits per heavy atom. The van der Waals surface area contributed by atoms with Crippen LogP contribution in [-0.4, -0.2) is 28.8 Å². The number of hydrogen-bond acceptors (Lipinski definition) is 6. The van der Waals surface area contributed by atoms with Crippen LogP contribution in [0.2, 0.25) is 0 Å². The fourth-order valence-corrected chi connectivity index (χ4v) is 5.09. The number of halogens is 4. The largest absolute Gasteiger partial charge is 1.00 e. The van der Waals surface area contributed by atoms with Crippen molar-refractivity contribution in [2.45, 2.75) is 45.1 Å². The minimum Gasteiger partial charge on any atom is -0.550 e. The van der Waals surface area contributed by atoms with Crippen LogP contribution >= 0.6 is 0 Å². The van der Waals surface area contributed by atoms with Crippen molar-refractivity contribution in [3.05, 3.63) is 122 Å². The van der Waals surface area contributed by atoms with Crippen molar-refractivity contribution in [1.29, 1.82) is 0 Å². The van der Waals surface area contributed by atoms with Crippen molar-refractivity contribution in [2.75, 3.05) is 13.7 Å². The topological polar surface area (TPSA) is 105 Å². The van der Waals surface area contributed by atoms with Crippen molar-refractivity contribution >= 4 is 5.97 Å². The molecule has 0 aliphatic carbocycles. The van der Waals surface area contributed by atoms with Gasteiger partial charge in [0, 0.05) is 17.2 Å². The molecule has 1 N–H and O–H groups in total. The normalized spacial score (nSPS) is 12.0. The third-order valence-electron chi connectivity index (χ3n) is 7.31. The molecule has 4 rings (SSSR count). The third-order valence-corrected chi connectivity index (χ3v) is 7.31. The van der Waals surface area contributed by atoms with Crippen molar-refractivity contribution in [3.8, 4) is 16.9 Å². The van der Waals surface area contributed by atoms with E-state index in [1.807, 2.05) is 0 Å². The number of ether oxygens (including phenoxy) is 1. The molecule has 0 radical (unpaired) electrons. The molecule has 1 heterocycles. The second kappa shape index (κ2) is 15.5. The molecule has 0 aliphatic heterocycles. The number of carbonyl (C=O) groups is 1. The first-order valence-electron chi connectivity index (χ1n) is 13.7. The van der Waals surface area contributed by atoms with Gasteiger partial charge >= 0.3 is 41.4 Å². The molecular weight excluding hydrogens is 605 g/mol. The number of methoxy groups -OCH3 is 1. The molecule has 13 heteroatoms. The van der Waals surface area contributed by atoms with E-state index in [-0.39, 0.29) is 83.6 Å². The standard InChI is InChI=1S/C32H31F4N3O5.Na/c1-20-28(23-13-8-15-26(44-2)29(23)33)30(42)39(19-25(21-10-4-3-5-11-21)37-17-9-16-27(40)41)31(43)38(20)18-22-12-6-7-14-24(22)32(34,35)36;/h3-8,10-15,25,37H,9,16-19H2,1-2H3,(H,40,41);/q;+1/p-1/t25-;/m0./s1. The van der Waals surface area contributed by atoms with E-state index in [2.05, 4.69) is 5.32 Å². The quantitative estimate of drug-likeness (QED) is 0.142. The number of aromatic nitrogens is 2. The Morgan fingerprint density at radius 3 is 2.29 bits per heavy atom. The Bertz CT molecular complexity index is 1760. The Labute approximate surface area is 278 Å². The molecule has 8 nitrogen and oxygen atoms in total. The first-order chi connectivity index (χ1) is 20.9. The average molecular weight is 636 g/mol. The minimum absolute atomic E-state index is 0. The number of rotatable bonds is 12. The summed E-state index contributed by atoms with van der Waals surface area (Å²) in [6.45, 7) is 0.740. The molecule has 3 aromatic carbocycles. The number of carboxylic acid groups (broad SMARTS) is 1. The molecule has 0 unspecified atom stereocenters. The number of aliphatic carboxylic acids is 1. The minimum atomic E-state index is -4.71. The van der Waals surface area contributed by atoms with E-state index in [0.29, 0.717) is 5.56 Å². The van der Waals surface area contributed by atoms with Crippen LogP contribution in [-0.2, 0) is 24.1 Å². The number of nitrogens with zero attached hydrogens (tertiary/aromatic N) is 2. The Balaban J connectivity index is 0.00000552. The Morgan fingerprint density at radius 1 is 0.978 bits per heavy atom. The number of carbonyl (C=O) groups excluding carboxylic acids is 1. The van der Waals surface area contributed by atoms with E-state index in [1.54, 1.807) is 30.3 Å². The van der Waals surface area contributed by atoms with Crippen LogP contribution in [0.15, 0.2) is 82.4 Å². The number of alkyl halides is 3. The van der Waals surface area contributed by atoms with E-state index >= 15 is 4.39 Å². The van der Waals surface area contributed by atoms with Gasteiger partial charge < -0.3 is 20.0 Å². The molecule has 0 aliphatic rings. The Hall–Kier alpha value is -3.71. The molecule has 232 valence electrons. The molecule has 1 aromatic heterocycles. The maximum absolute atomic E-state index is 15.6. The van der Waals surface area contributed by atoms with Gasteiger partial charge in [0.05, 0.1) is 37.4 Å². The summed E-state index contributed by atoms with van der Waals surface area (Å²) >= 11 is 0. The number of carboxylic acids is 1. The van der Waals surface area contributed by atoms with Crippen molar-refractivity contribution in [2.24, 2.45) is 0 Å². The van der Waals surface area contributed by atoms with Gasteiger partial charge in [-0.2, -0.15) is 13.2 Å². The van der Waals surface area contributed by atoms with Crippen LogP contribution in [0.4, 0.5) is 17.6 Å². The molecule has 1 atom stereocenters. The zero-order valence-electron chi connectivity index (χ0n) is 25.0. The fourth-order valence-electron chi connectivity index (χ4n) is 5.09. The van der Waals surface area contributed by atoms with E-state index < -0.39 is 47.4 Å². The molecule has 0 saturated carbocycles. The van der Waals surface area contributed by atoms with Gasteiger partial charge in [-0.1, -0.05) is 60.7 Å². The number of nitrogens with one attached hydrogen (secondary N) is 1. The zero-order chi connectivity index (χ0) is 32.0. The monoisotopic (exact) mass is 635 g/mol. The molecule has 0 fully saturated rings. The molecule has 45 heavy (non-hydrogen) atoms. The number of benzene rings is 3. The second-order valence-electron chi connectivity index (χ2n) is 10.1. The molecule has 0 bridgehead atoms. The average Bonchev–Trinajstić information content (AvgIpc) is 2.99. The second-order valence-corrected chi connectivity index (χ2v) is 10.1. The first kappa shape index (κ1) is 35.8. The van der Waals surface area contributed by atoms with E-state index in [0.717, 1.165) is 15.2 Å². The van der Waals surface area contributed by atoms with Gasteiger partial charge in [0.25, 0.3) is 5.56 Å². The van der Waals surface area contributed by atoms with Crippen LogP contribution in [0.3, 0.4) is 0 Å². The maximum Gasteiger partial charge on any atom is 1.00 e. The van der Waals surface area contributed by atoms with Crippen LogP contribution < -0.4 is 56.0 Å². The van der Waals surface area contributed by atoms with Gasteiger partial charge in [0.15, 0.2) is 11.6 Å². The van der Waals surface area contributed by atoms with Gasteiger partial charge in [-0.25, -0.2) is 9.18 Å². The van der Waals surface area contributed by atoms with Gasteiger partial charge in [-0.3, -0.25) is 13.9 Å². The summed E-state index contributed by atoms with van der Waals surface area (Å²) in [6.07, 6.45) is -4.73. The van der Waals surface area contributed by atoms with Gasteiger partial charge in [0.2, 0.25) is 0 Å². The predicted octanol–water partition coefficient (Wildman–Crippen LogP) is 1.07. The van der Waals surface area contributed by atoms with Crippen molar-refractivity contribution < 1.29 is 61.8 Å². The van der Waals surface area contributed by atoms with Crippen molar-refractivity contribution in [3.63, 3.8) is 0 Å². The third kappa shape index (κ3) is 8.31. The number of hydrogen-bond donors (Lipinski definition) is 1. The maximum atomic E-state index is 15.6. The van der Waals surface area contributed by atoms with Crippen LogP contribution in [0, 0.1) is 12.7 Å². The molecule has 0 amide bonds. The van der Waals surface area contributed by atoms with E-state index in [9.17, 15) is 32.7 Å². The van der Waals surface area contributed by atoms with Crippen LogP contribution in [0.1, 0.15) is 41.3 Å². The van der Waals surface area contributed by atoms with Crippen LogP contribution in [0.25, 0.3) is 11.1 Å². The SMILES string of the molecule is COc1cccc(-c2c(C)n(Cc3ccccc3C(F)(F)F)c(=O)n(C[C@H](NCCCC(=O)[O-])c3ccccc3)c2=O)c1F.[Na+]. The fraction of sp³-hybridized carbons (Fsp3) is 0.281.